The van der Waals surface area contributed by atoms with Crippen molar-refractivity contribution < 1.29 is 19.1 Å². The minimum Gasteiger partial charge on any atom is -0.490 e. The summed E-state index contributed by atoms with van der Waals surface area (Å²) in [5.74, 6) is -0.0187. The monoisotopic (exact) mass is 557 g/mol. The fourth-order valence-electron chi connectivity index (χ4n) is 2.89. The molecule has 0 saturated carbocycles. The van der Waals surface area contributed by atoms with Gasteiger partial charge in [-0.15, -0.1) is 0 Å². The maximum absolute atomic E-state index is 12.5. The summed E-state index contributed by atoms with van der Waals surface area (Å²) >= 11 is 2.09. The van der Waals surface area contributed by atoms with E-state index in [1.165, 1.54) is 6.21 Å². The van der Waals surface area contributed by atoms with Gasteiger partial charge in [-0.05, 0) is 90.0 Å². The van der Waals surface area contributed by atoms with Crippen molar-refractivity contribution >= 4 is 46.4 Å². The van der Waals surface area contributed by atoms with E-state index in [-0.39, 0.29) is 12.5 Å². The number of nitrogens with one attached hydrogen (secondary N) is 2. The van der Waals surface area contributed by atoms with Crippen LogP contribution < -0.4 is 20.2 Å². The maximum atomic E-state index is 12.5. The molecule has 0 aromatic heterocycles. The first-order chi connectivity index (χ1) is 16.0. The highest BCUT2D eigenvalue weighted by atomic mass is 127. The number of hydrogen-bond donors (Lipinski definition) is 2. The molecule has 0 heterocycles. The van der Waals surface area contributed by atoms with Crippen LogP contribution in [0.3, 0.4) is 0 Å². The zero-order valence-electron chi connectivity index (χ0n) is 18.3. The third-order valence-electron chi connectivity index (χ3n) is 4.44. The van der Waals surface area contributed by atoms with Crippen molar-refractivity contribution in [1.29, 1.82) is 0 Å². The van der Waals surface area contributed by atoms with Gasteiger partial charge in [0.25, 0.3) is 5.91 Å². The molecule has 33 heavy (non-hydrogen) atoms. The number of carbonyl (C=O) groups excluding carboxylic acids is 2. The lowest BCUT2D eigenvalue weighted by Crippen LogP contribution is -2.25. The third-order valence-corrected chi connectivity index (χ3v) is 5.38. The Balaban J connectivity index is 1.61. The zero-order chi connectivity index (χ0) is 23.6. The van der Waals surface area contributed by atoms with Crippen LogP contribution in [-0.4, -0.2) is 31.2 Å². The van der Waals surface area contributed by atoms with Crippen LogP contribution in [-0.2, 0) is 4.79 Å². The summed E-state index contributed by atoms with van der Waals surface area (Å²) in [5, 5.41) is 7.04. The van der Waals surface area contributed by atoms with Gasteiger partial charge < -0.3 is 14.8 Å². The van der Waals surface area contributed by atoms with E-state index in [1.807, 2.05) is 50.2 Å². The summed E-state index contributed by atoms with van der Waals surface area (Å²) in [6.45, 7) is 4.32. The standard InChI is InChI=1S/C25H24IN3O4/c1-3-32-23-14-18(11-12-22(23)33-25(31)20-9-4-5-10-21(20)26)15-28-29-24(30)16-27-19-8-6-7-17(2)13-19/h4-15,27H,3,16H2,1-2H3,(H,29,30)/b28-15-. The van der Waals surface area contributed by atoms with Crippen molar-refractivity contribution in [2.75, 3.05) is 18.5 Å². The van der Waals surface area contributed by atoms with E-state index < -0.39 is 5.97 Å². The molecule has 0 radical (unpaired) electrons. The van der Waals surface area contributed by atoms with Crippen LogP contribution in [0.2, 0.25) is 0 Å². The van der Waals surface area contributed by atoms with E-state index in [4.69, 9.17) is 9.47 Å². The number of amides is 1. The maximum Gasteiger partial charge on any atom is 0.344 e. The number of hydrazone groups is 1. The topological polar surface area (TPSA) is 89.0 Å². The molecule has 1 amide bonds. The van der Waals surface area contributed by atoms with Crippen LogP contribution in [0.4, 0.5) is 5.69 Å². The second-order valence-corrected chi connectivity index (χ2v) is 8.19. The van der Waals surface area contributed by atoms with Crippen molar-refractivity contribution in [2.24, 2.45) is 5.10 Å². The van der Waals surface area contributed by atoms with Gasteiger partial charge in [0.05, 0.1) is 24.9 Å². The van der Waals surface area contributed by atoms with Crippen molar-refractivity contribution in [3.63, 3.8) is 0 Å². The van der Waals surface area contributed by atoms with E-state index >= 15 is 0 Å². The Morgan fingerprint density at radius 3 is 2.61 bits per heavy atom. The van der Waals surface area contributed by atoms with Gasteiger partial charge in [0.1, 0.15) is 0 Å². The number of hydrogen-bond acceptors (Lipinski definition) is 6. The highest BCUT2D eigenvalue weighted by molar-refractivity contribution is 14.1. The van der Waals surface area contributed by atoms with Gasteiger partial charge in [0, 0.05) is 9.26 Å². The second kappa shape index (κ2) is 12.0. The Morgan fingerprint density at radius 2 is 1.85 bits per heavy atom. The Hall–Kier alpha value is -3.40. The molecule has 2 N–H and O–H groups in total. The van der Waals surface area contributed by atoms with Gasteiger partial charge in [-0.25, -0.2) is 10.2 Å². The summed E-state index contributed by atoms with van der Waals surface area (Å²) < 4.78 is 12.0. The van der Waals surface area contributed by atoms with Crippen molar-refractivity contribution in [3.8, 4) is 11.5 Å². The molecule has 8 heteroatoms. The lowest BCUT2D eigenvalue weighted by molar-refractivity contribution is -0.119. The molecule has 0 bridgehead atoms. The molecule has 3 aromatic carbocycles. The molecule has 0 unspecified atom stereocenters. The highest BCUT2D eigenvalue weighted by Crippen LogP contribution is 2.29. The molecular formula is C25H24IN3O4. The summed E-state index contributed by atoms with van der Waals surface area (Å²) in [7, 11) is 0. The Labute approximate surface area is 206 Å². The number of halogens is 1. The lowest BCUT2D eigenvalue weighted by Gasteiger charge is -2.12. The van der Waals surface area contributed by atoms with E-state index in [2.05, 4.69) is 38.4 Å². The molecular weight excluding hydrogens is 533 g/mol. The molecule has 0 spiro atoms. The number of esters is 1. The minimum absolute atomic E-state index is 0.0954. The van der Waals surface area contributed by atoms with Crippen LogP contribution in [0.5, 0.6) is 11.5 Å². The van der Waals surface area contributed by atoms with E-state index in [0.717, 1.165) is 14.8 Å². The predicted octanol–water partition coefficient (Wildman–Crippen LogP) is 4.78. The van der Waals surface area contributed by atoms with Crippen LogP contribution >= 0.6 is 22.6 Å². The van der Waals surface area contributed by atoms with Crippen molar-refractivity contribution in [3.05, 3.63) is 87.0 Å². The molecule has 0 atom stereocenters. The zero-order valence-corrected chi connectivity index (χ0v) is 20.5. The number of ether oxygens (including phenoxy) is 2. The van der Waals surface area contributed by atoms with Crippen LogP contribution in [0.15, 0.2) is 71.8 Å². The smallest absolute Gasteiger partial charge is 0.344 e. The predicted molar refractivity (Wildman–Crippen MR) is 137 cm³/mol. The van der Waals surface area contributed by atoms with Gasteiger partial charge in [0.15, 0.2) is 11.5 Å². The fraction of sp³-hybridized carbons (Fsp3) is 0.160. The number of benzene rings is 3. The molecule has 3 rings (SSSR count). The molecule has 3 aromatic rings. The van der Waals surface area contributed by atoms with Gasteiger partial charge in [0.2, 0.25) is 0 Å². The molecule has 0 aliphatic heterocycles. The number of carbonyl (C=O) groups is 2. The Bertz CT molecular complexity index is 1160. The quantitative estimate of drug-likeness (QED) is 0.130. The summed E-state index contributed by atoms with van der Waals surface area (Å²) in [4.78, 5) is 24.6. The summed E-state index contributed by atoms with van der Waals surface area (Å²) in [6, 6.07) is 20.0. The average Bonchev–Trinajstić information content (AvgIpc) is 2.80. The SMILES string of the molecule is CCOc1cc(/C=N\NC(=O)CNc2cccc(C)c2)ccc1OC(=O)c1ccccc1I. The van der Waals surface area contributed by atoms with Crippen LogP contribution in [0.1, 0.15) is 28.4 Å². The second-order valence-electron chi connectivity index (χ2n) is 7.02. The normalized spacial score (nSPS) is 10.6. The minimum atomic E-state index is -0.462. The third kappa shape index (κ3) is 7.31. The Kier molecular flexibility index (Phi) is 8.82. The lowest BCUT2D eigenvalue weighted by atomic mass is 10.2. The van der Waals surface area contributed by atoms with Crippen LogP contribution in [0.25, 0.3) is 0 Å². The molecule has 0 fully saturated rings. The van der Waals surface area contributed by atoms with E-state index in [1.54, 1.807) is 30.3 Å². The van der Waals surface area contributed by atoms with Crippen molar-refractivity contribution in [2.45, 2.75) is 13.8 Å². The van der Waals surface area contributed by atoms with Crippen molar-refractivity contribution in [1.82, 2.24) is 5.43 Å². The molecule has 0 aliphatic rings. The molecule has 0 saturated heterocycles. The summed E-state index contributed by atoms with van der Waals surface area (Å²) in [6.07, 6.45) is 1.50. The van der Waals surface area contributed by atoms with E-state index in [0.29, 0.717) is 29.2 Å². The first-order valence-electron chi connectivity index (χ1n) is 10.3. The van der Waals surface area contributed by atoms with E-state index in [9.17, 15) is 9.59 Å². The van der Waals surface area contributed by atoms with Gasteiger partial charge in [-0.1, -0.05) is 24.3 Å². The first-order valence-corrected chi connectivity index (χ1v) is 11.4. The highest BCUT2D eigenvalue weighted by Gasteiger charge is 2.15. The molecule has 170 valence electrons. The van der Waals surface area contributed by atoms with Gasteiger partial charge in [-0.3, -0.25) is 4.79 Å². The van der Waals surface area contributed by atoms with Gasteiger partial charge in [-0.2, -0.15) is 5.10 Å². The first kappa shape index (κ1) is 24.2. The molecule has 0 aliphatic carbocycles. The van der Waals surface area contributed by atoms with Gasteiger partial charge >= 0.3 is 5.97 Å². The largest absolute Gasteiger partial charge is 0.490 e. The number of aryl methyl sites for hydroxylation is 1. The van der Waals surface area contributed by atoms with Crippen LogP contribution in [0, 0.1) is 10.5 Å². The fourth-order valence-corrected chi connectivity index (χ4v) is 3.50. The Morgan fingerprint density at radius 1 is 1.03 bits per heavy atom. The number of nitrogens with zero attached hydrogens (tertiary/aromatic N) is 1. The summed E-state index contributed by atoms with van der Waals surface area (Å²) in [5.41, 5.74) is 5.62. The average molecular weight is 557 g/mol. The number of rotatable bonds is 9. The number of anilines is 1. The molecule has 7 nitrogen and oxygen atoms in total.